The maximum absolute atomic E-state index is 14.9. The number of rotatable bonds is 11. The lowest BCUT2D eigenvalue weighted by Crippen LogP contribution is -2.19. The summed E-state index contributed by atoms with van der Waals surface area (Å²) in [5, 5.41) is 13.3. The smallest absolute Gasteiger partial charge is 0.154 e. The van der Waals surface area contributed by atoms with Crippen molar-refractivity contribution in [2.45, 2.75) is 72.6 Å². The number of likely N-dealkylation sites (tertiary alicyclic amines) is 1. The van der Waals surface area contributed by atoms with Crippen molar-refractivity contribution in [1.29, 1.82) is 0 Å². The molecule has 2 heterocycles. The van der Waals surface area contributed by atoms with Crippen LogP contribution in [0.4, 0.5) is 15.9 Å². The summed E-state index contributed by atoms with van der Waals surface area (Å²) < 4.78 is 19.7. The van der Waals surface area contributed by atoms with Gasteiger partial charge in [-0.2, -0.15) is 0 Å². The summed E-state index contributed by atoms with van der Waals surface area (Å²) in [6.07, 6.45) is 12.2. The Hall–Kier alpha value is -3.40. The van der Waals surface area contributed by atoms with E-state index in [2.05, 4.69) is 32.8 Å². The Morgan fingerprint density at radius 1 is 1.12 bits per heavy atom. The van der Waals surface area contributed by atoms with Crippen LogP contribution >= 0.6 is 0 Å². The normalized spacial score (nSPS) is 12.2. The molecule has 0 amide bonds. The highest BCUT2D eigenvalue weighted by Gasteiger charge is 2.12. The number of aromatic hydroxyl groups is 1. The number of aromatic nitrogens is 2. The lowest BCUT2D eigenvalue weighted by Gasteiger charge is -2.12. The molecule has 3 aromatic rings. The maximum Gasteiger partial charge on any atom is 0.154 e. The van der Waals surface area contributed by atoms with Gasteiger partial charge in [-0.15, -0.1) is 0 Å². The van der Waals surface area contributed by atoms with E-state index in [1.165, 1.54) is 52.3 Å². The van der Waals surface area contributed by atoms with Crippen molar-refractivity contribution in [1.82, 2.24) is 14.9 Å². The van der Waals surface area contributed by atoms with Crippen LogP contribution in [0.3, 0.4) is 0 Å². The number of nitrogens with one attached hydrogen (secondary N) is 1. The van der Waals surface area contributed by atoms with Gasteiger partial charge in [0.25, 0.3) is 0 Å². The quantitative estimate of drug-likeness (QED) is 0.155. The number of benzene rings is 2. The minimum Gasteiger partial charge on any atom is -0.508 e. The number of nitrogens with two attached hydrogens (primary N) is 1. The first-order valence-corrected chi connectivity index (χ1v) is 15.2. The Labute approximate surface area is 257 Å². The van der Waals surface area contributed by atoms with Gasteiger partial charge in [-0.1, -0.05) is 31.1 Å². The molecular formula is C34H52FN5O3. The van der Waals surface area contributed by atoms with Gasteiger partial charge in [-0.25, -0.2) is 14.4 Å². The Kier molecular flexibility index (Phi) is 19.4. The standard InChI is InChI=1S/C19H18FN3O.C7H15N.C7H14O2.CH5N/c1-11(2)8-15-12(3)4-7-16(18(15)20)23-19-14-6-5-13(24)9-17(14)21-10-22-19;1-2-5-8-6-3-4-7-8;1-9-7-5-3-2-4-6-8;1-2/h4-10,24H,1-3H3,(H,21,22,23);2-7H2,1H3;6H,2-5,7H2,1H3;2H2,1H3. The largest absolute Gasteiger partial charge is 0.508 e. The minimum absolute atomic E-state index is 0.125. The third kappa shape index (κ3) is 14.1. The van der Waals surface area contributed by atoms with E-state index in [9.17, 15) is 14.3 Å². The second-order valence-corrected chi connectivity index (χ2v) is 10.5. The number of fused-ring (bicyclic) bond motifs is 1. The Morgan fingerprint density at radius 3 is 2.47 bits per heavy atom. The van der Waals surface area contributed by atoms with Gasteiger partial charge in [0.1, 0.15) is 24.2 Å². The molecule has 0 spiro atoms. The van der Waals surface area contributed by atoms with Crippen LogP contribution in [0, 0.1) is 12.7 Å². The number of allylic oxidation sites excluding steroid dienone is 1. The number of anilines is 2. The fraction of sp³-hybridized carbons (Fsp3) is 0.500. The molecule has 9 heteroatoms. The zero-order valence-corrected chi connectivity index (χ0v) is 27.0. The number of aldehydes is 1. The van der Waals surface area contributed by atoms with Gasteiger partial charge in [0.05, 0.1) is 11.2 Å². The van der Waals surface area contributed by atoms with Crippen LogP contribution in [0.25, 0.3) is 17.0 Å². The number of nitrogens with zero attached hydrogens (tertiary/aromatic N) is 3. The number of halogens is 1. The van der Waals surface area contributed by atoms with E-state index in [4.69, 9.17) is 4.74 Å². The first-order chi connectivity index (χ1) is 20.8. The van der Waals surface area contributed by atoms with E-state index in [0.717, 1.165) is 43.3 Å². The number of hydrogen-bond acceptors (Lipinski definition) is 8. The fourth-order valence-corrected chi connectivity index (χ4v) is 4.50. The van der Waals surface area contributed by atoms with Gasteiger partial charge in [-0.3, -0.25) is 0 Å². The molecule has 1 aromatic heterocycles. The number of ether oxygens (including phenoxy) is 1. The van der Waals surface area contributed by atoms with E-state index in [-0.39, 0.29) is 11.6 Å². The number of phenolic OH excluding ortho intramolecular Hbond substituents is 1. The summed E-state index contributed by atoms with van der Waals surface area (Å²) in [5.74, 6) is 0.298. The zero-order chi connectivity index (χ0) is 32.0. The summed E-state index contributed by atoms with van der Waals surface area (Å²) in [7, 11) is 3.19. The molecule has 0 unspecified atom stereocenters. The van der Waals surface area contributed by atoms with E-state index in [1.807, 2.05) is 32.9 Å². The van der Waals surface area contributed by atoms with Gasteiger partial charge in [0, 0.05) is 37.2 Å². The number of unbranched alkanes of at least 4 members (excludes halogenated alkanes) is 3. The molecule has 43 heavy (non-hydrogen) atoms. The SMILES string of the molecule is CC(C)=Cc1c(C)ccc(Nc2ncnc3cc(O)ccc23)c1F.CCCN1CCCC1.CN.COCCCCCC=O. The van der Waals surface area contributed by atoms with E-state index in [1.54, 1.807) is 31.4 Å². The molecule has 8 nitrogen and oxygen atoms in total. The van der Waals surface area contributed by atoms with E-state index < -0.39 is 0 Å². The van der Waals surface area contributed by atoms with Crippen LogP contribution in [-0.4, -0.2) is 66.7 Å². The zero-order valence-electron chi connectivity index (χ0n) is 27.0. The topological polar surface area (TPSA) is 114 Å². The molecule has 1 aliphatic rings. The molecule has 238 valence electrons. The summed E-state index contributed by atoms with van der Waals surface area (Å²) in [5.41, 5.74) is 7.90. The van der Waals surface area contributed by atoms with E-state index in [0.29, 0.717) is 34.4 Å². The second-order valence-electron chi connectivity index (χ2n) is 10.5. The summed E-state index contributed by atoms with van der Waals surface area (Å²) in [6, 6.07) is 8.37. The van der Waals surface area contributed by atoms with Gasteiger partial charge < -0.3 is 30.6 Å². The van der Waals surface area contributed by atoms with Crippen molar-refractivity contribution in [2.75, 3.05) is 45.7 Å². The summed E-state index contributed by atoms with van der Waals surface area (Å²) in [6.45, 7) is 12.8. The Morgan fingerprint density at radius 2 is 1.84 bits per heavy atom. The summed E-state index contributed by atoms with van der Waals surface area (Å²) >= 11 is 0. The van der Waals surface area contributed by atoms with Gasteiger partial charge in [0.2, 0.25) is 0 Å². The van der Waals surface area contributed by atoms with Crippen LogP contribution < -0.4 is 11.1 Å². The molecule has 0 saturated carbocycles. The first kappa shape index (κ1) is 37.6. The molecular weight excluding hydrogens is 545 g/mol. The molecule has 1 saturated heterocycles. The molecule has 2 aromatic carbocycles. The van der Waals surface area contributed by atoms with E-state index >= 15 is 0 Å². The minimum atomic E-state index is -0.318. The molecule has 0 bridgehead atoms. The average molecular weight is 598 g/mol. The lowest BCUT2D eigenvalue weighted by molar-refractivity contribution is -0.107. The highest BCUT2D eigenvalue weighted by molar-refractivity contribution is 5.91. The highest BCUT2D eigenvalue weighted by Crippen LogP contribution is 2.29. The van der Waals surface area contributed by atoms with Crippen LogP contribution in [0.2, 0.25) is 0 Å². The van der Waals surface area contributed by atoms with Gasteiger partial charge in [0.15, 0.2) is 5.82 Å². The predicted molar refractivity (Wildman–Crippen MR) is 177 cm³/mol. The number of carbonyl (C=O) groups excluding carboxylic acids is 1. The Bertz CT molecular complexity index is 1240. The number of methoxy groups -OCH3 is 1. The van der Waals surface area contributed by atoms with Crippen LogP contribution in [-0.2, 0) is 9.53 Å². The Balaban J connectivity index is 0.000000399. The van der Waals surface area contributed by atoms with Crippen LogP contribution in [0.15, 0.2) is 42.2 Å². The van der Waals surface area contributed by atoms with Crippen molar-refractivity contribution in [3.8, 4) is 5.75 Å². The van der Waals surface area contributed by atoms with Crippen LogP contribution in [0.5, 0.6) is 5.75 Å². The first-order valence-electron chi connectivity index (χ1n) is 15.2. The molecule has 1 fully saturated rings. The van der Waals surface area contributed by atoms with Gasteiger partial charge in [-0.05, 0) is 103 Å². The molecule has 0 atom stereocenters. The van der Waals surface area contributed by atoms with Crippen molar-refractivity contribution < 1.29 is 19.0 Å². The van der Waals surface area contributed by atoms with Crippen LogP contribution in [0.1, 0.15) is 76.8 Å². The second kappa shape index (κ2) is 22.2. The summed E-state index contributed by atoms with van der Waals surface area (Å²) in [4.78, 5) is 20.7. The van der Waals surface area contributed by atoms with Crippen molar-refractivity contribution in [2.24, 2.45) is 5.73 Å². The van der Waals surface area contributed by atoms with Crippen molar-refractivity contribution in [3.63, 3.8) is 0 Å². The lowest BCUT2D eigenvalue weighted by atomic mass is 10.0. The highest BCUT2D eigenvalue weighted by atomic mass is 19.1. The van der Waals surface area contributed by atoms with Gasteiger partial charge >= 0.3 is 0 Å². The molecule has 4 N–H and O–H groups in total. The molecule has 0 radical (unpaired) electrons. The number of carbonyl (C=O) groups is 1. The van der Waals surface area contributed by atoms with Crippen molar-refractivity contribution in [3.05, 3.63) is 59.2 Å². The molecule has 0 aliphatic carbocycles. The molecule has 1 aliphatic heterocycles. The third-order valence-electron chi connectivity index (χ3n) is 6.61. The monoisotopic (exact) mass is 597 g/mol. The number of phenols is 1. The maximum atomic E-state index is 14.9. The number of hydrogen-bond donors (Lipinski definition) is 3. The average Bonchev–Trinajstić information content (AvgIpc) is 3.52. The third-order valence-corrected chi connectivity index (χ3v) is 6.61. The predicted octanol–water partition coefficient (Wildman–Crippen LogP) is 7.41. The van der Waals surface area contributed by atoms with Crippen molar-refractivity contribution >= 4 is 34.8 Å². The fourth-order valence-electron chi connectivity index (χ4n) is 4.50. The number of aryl methyl sites for hydroxylation is 1. The molecule has 4 rings (SSSR count).